The summed E-state index contributed by atoms with van der Waals surface area (Å²) in [4.78, 5) is 11.9. The van der Waals surface area contributed by atoms with Crippen LogP contribution >= 0.6 is 8.03 Å². The normalized spacial score (nSPS) is 13.1. The predicted molar refractivity (Wildman–Crippen MR) is 69.9 cm³/mol. The van der Waals surface area contributed by atoms with Crippen molar-refractivity contribution >= 4 is 19.3 Å². The first-order valence-corrected chi connectivity index (χ1v) is 7.16. The average Bonchev–Trinajstić information content (AvgIpc) is 2.38. The van der Waals surface area contributed by atoms with Crippen molar-refractivity contribution in [2.45, 2.75) is 33.6 Å². The van der Waals surface area contributed by atoms with Gasteiger partial charge in [-0.15, -0.1) is 0 Å². The van der Waals surface area contributed by atoms with Crippen LogP contribution in [0.25, 0.3) is 0 Å². The van der Waals surface area contributed by atoms with E-state index in [-0.39, 0.29) is 5.97 Å². The Morgan fingerprint density at radius 2 is 1.76 bits per heavy atom. The molecule has 0 saturated carbocycles. The topological polar surface area (TPSA) is 43.4 Å². The summed E-state index contributed by atoms with van der Waals surface area (Å²) in [5, 5.41) is 0.584. The first kappa shape index (κ1) is 14.0. The fourth-order valence-electron chi connectivity index (χ4n) is 1.38. The average molecular weight is 254 g/mol. The Morgan fingerprint density at radius 1 is 1.24 bits per heavy atom. The maximum absolute atomic E-state index is 11.9. The zero-order chi connectivity index (χ0) is 12.9. The Morgan fingerprint density at radius 3 is 2.24 bits per heavy atom. The minimum Gasteiger partial charge on any atom is -0.410 e. The van der Waals surface area contributed by atoms with E-state index in [2.05, 4.69) is 0 Å². The number of benzene rings is 1. The van der Waals surface area contributed by atoms with E-state index >= 15 is 0 Å². The van der Waals surface area contributed by atoms with Gasteiger partial charge >= 0.3 is 5.97 Å². The SMILES string of the molecule is CCC(C)(CC)C(=O)O[PH](=O)c1ccccc1. The molecule has 0 aliphatic heterocycles. The minimum atomic E-state index is -2.47. The summed E-state index contributed by atoms with van der Waals surface area (Å²) >= 11 is 0. The third kappa shape index (κ3) is 3.44. The predicted octanol–water partition coefficient (Wildman–Crippen LogP) is 3.16. The van der Waals surface area contributed by atoms with Crippen molar-refractivity contribution < 1.29 is 13.9 Å². The highest BCUT2D eigenvalue weighted by molar-refractivity contribution is 7.48. The largest absolute Gasteiger partial charge is 0.410 e. The van der Waals surface area contributed by atoms with Crippen molar-refractivity contribution in [1.82, 2.24) is 0 Å². The molecule has 1 unspecified atom stereocenters. The lowest BCUT2D eigenvalue weighted by molar-refractivity contribution is -0.144. The van der Waals surface area contributed by atoms with Gasteiger partial charge in [0, 0.05) is 5.30 Å². The van der Waals surface area contributed by atoms with Gasteiger partial charge in [-0.1, -0.05) is 32.0 Å². The number of carbonyl (C=O) groups excluding carboxylic acids is 1. The van der Waals surface area contributed by atoms with E-state index in [1.54, 1.807) is 24.3 Å². The van der Waals surface area contributed by atoms with Crippen LogP contribution < -0.4 is 5.30 Å². The van der Waals surface area contributed by atoms with Crippen LogP contribution in [0.1, 0.15) is 33.6 Å². The Bertz CT molecular complexity index is 396. The highest BCUT2D eigenvalue weighted by Gasteiger charge is 2.32. The summed E-state index contributed by atoms with van der Waals surface area (Å²) < 4.78 is 17.0. The molecule has 0 saturated heterocycles. The van der Waals surface area contributed by atoms with Gasteiger partial charge in [-0.3, -0.25) is 9.36 Å². The van der Waals surface area contributed by atoms with E-state index in [9.17, 15) is 9.36 Å². The molecule has 0 spiro atoms. The third-order valence-electron chi connectivity index (χ3n) is 3.25. The molecular formula is C13H19O3P. The van der Waals surface area contributed by atoms with Gasteiger partial charge in [0.1, 0.15) is 0 Å². The second-order valence-electron chi connectivity index (χ2n) is 4.31. The molecule has 0 aromatic heterocycles. The molecule has 1 rings (SSSR count). The molecule has 0 radical (unpaired) electrons. The van der Waals surface area contributed by atoms with Gasteiger partial charge in [-0.05, 0) is 31.9 Å². The molecular weight excluding hydrogens is 235 g/mol. The molecule has 0 heterocycles. The number of hydrogen-bond acceptors (Lipinski definition) is 3. The molecule has 0 N–H and O–H groups in total. The lowest BCUT2D eigenvalue weighted by Crippen LogP contribution is -2.27. The maximum atomic E-state index is 11.9. The summed E-state index contributed by atoms with van der Waals surface area (Å²) in [7, 11) is -2.47. The third-order valence-corrected chi connectivity index (χ3v) is 4.42. The van der Waals surface area contributed by atoms with Crippen LogP contribution in [-0.2, 0) is 13.9 Å². The highest BCUT2D eigenvalue weighted by atomic mass is 31.1. The first-order valence-electron chi connectivity index (χ1n) is 5.85. The van der Waals surface area contributed by atoms with Gasteiger partial charge in [-0.2, -0.15) is 0 Å². The fraction of sp³-hybridized carbons (Fsp3) is 0.462. The Hall–Kier alpha value is -1.08. The van der Waals surface area contributed by atoms with Gasteiger partial charge in [0.15, 0.2) is 0 Å². The molecule has 4 heteroatoms. The Labute approximate surface area is 103 Å². The number of rotatable bonds is 5. The number of carbonyl (C=O) groups is 1. The summed E-state index contributed by atoms with van der Waals surface area (Å²) in [6.07, 6.45) is 1.37. The Kier molecular flexibility index (Phi) is 4.95. The van der Waals surface area contributed by atoms with Crippen molar-refractivity contribution in [2.75, 3.05) is 0 Å². The lowest BCUT2D eigenvalue weighted by Gasteiger charge is -2.23. The molecule has 0 amide bonds. The standard InChI is InChI=1S/C13H19O3P/c1-4-13(3,5-2)12(14)16-17(15)11-9-7-6-8-10-11/h6-10,17H,4-5H2,1-3H3. The van der Waals surface area contributed by atoms with Crippen molar-refractivity contribution in [1.29, 1.82) is 0 Å². The van der Waals surface area contributed by atoms with E-state index < -0.39 is 13.4 Å². The minimum absolute atomic E-state index is 0.366. The molecule has 17 heavy (non-hydrogen) atoms. The fourth-order valence-corrected chi connectivity index (χ4v) is 2.38. The molecule has 0 fully saturated rings. The van der Waals surface area contributed by atoms with Crippen LogP contribution in [0.2, 0.25) is 0 Å². The van der Waals surface area contributed by atoms with Gasteiger partial charge in [0.25, 0.3) is 8.03 Å². The van der Waals surface area contributed by atoms with Crippen molar-refractivity contribution in [3.8, 4) is 0 Å². The monoisotopic (exact) mass is 254 g/mol. The van der Waals surface area contributed by atoms with Crippen molar-refractivity contribution in [2.24, 2.45) is 5.41 Å². The number of hydrogen-bond donors (Lipinski definition) is 0. The van der Waals surface area contributed by atoms with Crippen LogP contribution in [0.3, 0.4) is 0 Å². The Balaban J connectivity index is 2.73. The van der Waals surface area contributed by atoms with Crippen LogP contribution in [0.15, 0.2) is 30.3 Å². The van der Waals surface area contributed by atoms with Crippen molar-refractivity contribution in [3.63, 3.8) is 0 Å². The van der Waals surface area contributed by atoms with Gasteiger partial charge in [0.05, 0.1) is 5.41 Å². The molecule has 0 aliphatic carbocycles. The molecule has 0 aliphatic rings. The van der Waals surface area contributed by atoms with Gasteiger partial charge in [0.2, 0.25) is 0 Å². The van der Waals surface area contributed by atoms with E-state index in [1.807, 2.05) is 26.8 Å². The molecule has 0 bridgehead atoms. The smallest absolute Gasteiger partial charge is 0.316 e. The van der Waals surface area contributed by atoms with Crippen molar-refractivity contribution in [3.05, 3.63) is 30.3 Å². The van der Waals surface area contributed by atoms with Crippen LogP contribution in [-0.4, -0.2) is 5.97 Å². The lowest BCUT2D eigenvalue weighted by atomic mass is 9.85. The summed E-state index contributed by atoms with van der Waals surface area (Å²) in [5.41, 5.74) is -0.533. The summed E-state index contributed by atoms with van der Waals surface area (Å²) in [5.74, 6) is -0.366. The molecule has 1 atom stereocenters. The highest BCUT2D eigenvalue weighted by Crippen LogP contribution is 2.32. The van der Waals surface area contributed by atoms with Gasteiger partial charge in [-0.25, -0.2) is 0 Å². The quantitative estimate of drug-likeness (QED) is 0.758. The van der Waals surface area contributed by atoms with E-state index in [1.165, 1.54) is 0 Å². The summed E-state index contributed by atoms with van der Waals surface area (Å²) in [6.45, 7) is 5.71. The van der Waals surface area contributed by atoms with Crippen LogP contribution in [0, 0.1) is 5.41 Å². The van der Waals surface area contributed by atoms with E-state index in [4.69, 9.17) is 4.52 Å². The molecule has 1 aromatic carbocycles. The first-order chi connectivity index (χ1) is 8.03. The maximum Gasteiger partial charge on any atom is 0.316 e. The zero-order valence-electron chi connectivity index (χ0n) is 10.5. The molecule has 1 aromatic rings. The van der Waals surface area contributed by atoms with E-state index in [0.717, 1.165) is 0 Å². The zero-order valence-corrected chi connectivity index (χ0v) is 11.5. The molecule has 3 nitrogen and oxygen atoms in total. The second-order valence-corrected chi connectivity index (χ2v) is 5.67. The van der Waals surface area contributed by atoms with Crippen LogP contribution in [0.5, 0.6) is 0 Å². The van der Waals surface area contributed by atoms with E-state index in [0.29, 0.717) is 18.1 Å². The summed E-state index contributed by atoms with van der Waals surface area (Å²) in [6, 6.07) is 8.82. The second kappa shape index (κ2) is 6.02. The molecule has 94 valence electrons. The van der Waals surface area contributed by atoms with Crippen LogP contribution in [0.4, 0.5) is 0 Å². The van der Waals surface area contributed by atoms with Gasteiger partial charge < -0.3 is 4.52 Å².